The fraction of sp³-hybridized carbons (Fsp3) is 1.00. The summed E-state index contributed by atoms with van der Waals surface area (Å²) in [5.74, 6) is 1.65. The van der Waals surface area contributed by atoms with E-state index in [2.05, 4.69) is 51.9 Å². The van der Waals surface area contributed by atoms with Gasteiger partial charge in [-0.05, 0) is 52.5 Å². The summed E-state index contributed by atoms with van der Waals surface area (Å²) in [6.45, 7) is 13.9. The van der Waals surface area contributed by atoms with Crippen LogP contribution in [-0.2, 0) is 0 Å². The molecule has 1 fully saturated rings. The van der Waals surface area contributed by atoms with E-state index in [0.29, 0.717) is 12.0 Å². The van der Waals surface area contributed by atoms with Gasteiger partial charge in [0.05, 0.1) is 0 Å². The maximum Gasteiger partial charge on any atom is 0.0240 e. The van der Waals surface area contributed by atoms with Crippen molar-refractivity contribution in [3.8, 4) is 0 Å². The van der Waals surface area contributed by atoms with Gasteiger partial charge in [0.2, 0.25) is 0 Å². The minimum absolute atomic E-state index is 0.221. The Kier molecular flexibility index (Phi) is 6.82. The number of nitrogens with one attached hydrogen (secondary N) is 1. The van der Waals surface area contributed by atoms with Crippen molar-refractivity contribution >= 4 is 0 Å². The number of hydrogen-bond donors (Lipinski definition) is 1. The second-order valence-corrected chi connectivity index (χ2v) is 7.89. The Balaban J connectivity index is 2.44. The lowest BCUT2D eigenvalue weighted by atomic mass is 9.88. The summed E-state index contributed by atoms with van der Waals surface area (Å²) >= 11 is 0. The van der Waals surface area contributed by atoms with Gasteiger partial charge in [0.15, 0.2) is 0 Å². The molecular formula is C17H36N2. The number of nitrogens with zero attached hydrogens (tertiary/aromatic N) is 1. The zero-order valence-corrected chi connectivity index (χ0v) is 14.1. The Morgan fingerprint density at radius 2 is 1.68 bits per heavy atom. The molecule has 1 saturated carbocycles. The lowest BCUT2D eigenvalue weighted by molar-refractivity contribution is 0.140. The molecule has 2 heteroatoms. The molecule has 114 valence electrons. The average Bonchev–Trinajstić information content (AvgIpc) is 2.28. The maximum atomic E-state index is 3.68. The fourth-order valence-corrected chi connectivity index (χ4v) is 3.22. The molecule has 0 heterocycles. The van der Waals surface area contributed by atoms with Crippen LogP contribution >= 0.6 is 0 Å². The molecule has 0 aromatic rings. The Morgan fingerprint density at radius 1 is 1.11 bits per heavy atom. The zero-order valence-electron chi connectivity index (χ0n) is 14.1. The summed E-state index contributed by atoms with van der Waals surface area (Å²) in [7, 11) is 2.32. The van der Waals surface area contributed by atoms with Crippen molar-refractivity contribution in [2.75, 3.05) is 20.1 Å². The molecule has 1 N–H and O–H groups in total. The molecular weight excluding hydrogens is 232 g/mol. The Labute approximate surface area is 121 Å². The molecule has 1 aliphatic rings. The first-order valence-corrected chi connectivity index (χ1v) is 8.25. The van der Waals surface area contributed by atoms with Crippen LogP contribution in [0.5, 0.6) is 0 Å². The SMILES string of the molecule is CC(C)C(CNC(C)(C)C)N(C)CC1CCCCC1. The van der Waals surface area contributed by atoms with Gasteiger partial charge in [0.25, 0.3) is 0 Å². The van der Waals surface area contributed by atoms with Gasteiger partial charge in [-0.2, -0.15) is 0 Å². The Morgan fingerprint density at radius 3 is 2.16 bits per heavy atom. The highest BCUT2D eigenvalue weighted by atomic mass is 15.2. The molecule has 1 unspecified atom stereocenters. The van der Waals surface area contributed by atoms with E-state index in [9.17, 15) is 0 Å². The lowest BCUT2D eigenvalue weighted by Gasteiger charge is -2.37. The van der Waals surface area contributed by atoms with E-state index in [1.807, 2.05) is 0 Å². The summed E-state index contributed by atoms with van der Waals surface area (Å²) in [4.78, 5) is 2.61. The minimum atomic E-state index is 0.221. The van der Waals surface area contributed by atoms with Crippen molar-refractivity contribution in [2.45, 2.75) is 78.3 Å². The van der Waals surface area contributed by atoms with Crippen LogP contribution in [-0.4, -0.2) is 36.6 Å². The normalized spacial score (nSPS) is 20.2. The molecule has 0 aromatic carbocycles. The van der Waals surface area contributed by atoms with E-state index in [1.54, 1.807) is 0 Å². The van der Waals surface area contributed by atoms with Crippen LogP contribution in [0.15, 0.2) is 0 Å². The van der Waals surface area contributed by atoms with Gasteiger partial charge in [-0.25, -0.2) is 0 Å². The van der Waals surface area contributed by atoms with Gasteiger partial charge >= 0.3 is 0 Å². The standard InChI is InChI=1S/C17H36N2/c1-14(2)16(12-18-17(3,4)5)19(6)13-15-10-8-7-9-11-15/h14-16,18H,7-13H2,1-6H3. The minimum Gasteiger partial charge on any atom is -0.311 e. The summed E-state index contributed by atoms with van der Waals surface area (Å²) in [6.07, 6.45) is 7.25. The predicted molar refractivity (Wildman–Crippen MR) is 85.6 cm³/mol. The molecule has 0 radical (unpaired) electrons. The third kappa shape index (κ3) is 6.76. The van der Waals surface area contributed by atoms with Crippen LogP contribution in [0.25, 0.3) is 0 Å². The summed E-state index contributed by atoms with van der Waals surface area (Å²) in [5, 5.41) is 3.68. The van der Waals surface area contributed by atoms with Gasteiger partial charge in [0, 0.05) is 24.7 Å². The fourth-order valence-electron chi connectivity index (χ4n) is 3.22. The Bertz CT molecular complexity index is 236. The molecule has 1 rings (SSSR count). The van der Waals surface area contributed by atoms with Crippen molar-refractivity contribution in [1.82, 2.24) is 10.2 Å². The van der Waals surface area contributed by atoms with Gasteiger partial charge in [0.1, 0.15) is 0 Å². The molecule has 2 nitrogen and oxygen atoms in total. The monoisotopic (exact) mass is 268 g/mol. The third-order valence-corrected chi connectivity index (χ3v) is 4.45. The van der Waals surface area contributed by atoms with Crippen LogP contribution in [0.2, 0.25) is 0 Å². The average molecular weight is 268 g/mol. The predicted octanol–water partition coefficient (Wildman–Crippen LogP) is 3.91. The lowest BCUT2D eigenvalue weighted by Crippen LogP contribution is -2.49. The van der Waals surface area contributed by atoms with Crippen molar-refractivity contribution in [2.24, 2.45) is 11.8 Å². The maximum absolute atomic E-state index is 3.68. The van der Waals surface area contributed by atoms with E-state index in [-0.39, 0.29) is 5.54 Å². The smallest absolute Gasteiger partial charge is 0.0240 e. The van der Waals surface area contributed by atoms with Crippen molar-refractivity contribution in [3.63, 3.8) is 0 Å². The van der Waals surface area contributed by atoms with Crippen LogP contribution in [0.4, 0.5) is 0 Å². The highest BCUT2D eigenvalue weighted by Gasteiger charge is 2.24. The van der Waals surface area contributed by atoms with E-state index in [4.69, 9.17) is 0 Å². The van der Waals surface area contributed by atoms with Crippen molar-refractivity contribution < 1.29 is 0 Å². The summed E-state index contributed by atoms with van der Waals surface area (Å²) in [6, 6.07) is 0.654. The molecule has 1 atom stereocenters. The molecule has 0 bridgehead atoms. The first-order chi connectivity index (χ1) is 8.79. The highest BCUT2D eigenvalue weighted by Crippen LogP contribution is 2.25. The number of rotatable bonds is 6. The zero-order chi connectivity index (χ0) is 14.5. The van der Waals surface area contributed by atoms with Crippen LogP contribution in [0, 0.1) is 11.8 Å². The van der Waals surface area contributed by atoms with Gasteiger partial charge in [-0.15, -0.1) is 0 Å². The third-order valence-electron chi connectivity index (χ3n) is 4.45. The topological polar surface area (TPSA) is 15.3 Å². The van der Waals surface area contributed by atoms with Crippen LogP contribution in [0.1, 0.15) is 66.7 Å². The van der Waals surface area contributed by atoms with Gasteiger partial charge in [-0.3, -0.25) is 0 Å². The largest absolute Gasteiger partial charge is 0.311 e. The summed E-state index contributed by atoms with van der Waals surface area (Å²) in [5.41, 5.74) is 0.221. The quantitative estimate of drug-likeness (QED) is 0.785. The second kappa shape index (κ2) is 7.64. The molecule has 0 amide bonds. The van der Waals surface area contributed by atoms with E-state index in [0.717, 1.165) is 12.5 Å². The van der Waals surface area contributed by atoms with Gasteiger partial charge < -0.3 is 10.2 Å². The molecule has 0 saturated heterocycles. The van der Waals surface area contributed by atoms with E-state index < -0.39 is 0 Å². The molecule has 0 spiro atoms. The first-order valence-electron chi connectivity index (χ1n) is 8.25. The molecule has 0 aliphatic heterocycles. The summed E-state index contributed by atoms with van der Waals surface area (Å²) < 4.78 is 0. The van der Waals surface area contributed by atoms with E-state index in [1.165, 1.54) is 38.6 Å². The van der Waals surface area contributed by atoms with Crippen LogP contribution in [0.3, 0.4) is 0 Å². The van der Waals surface area contributed by atoms with Crippen LogP contribution < -0.4 is 5.32 Å². The Hall–Kier alpha value is -0.0800. The van der Waals surface area contributed by atoms with E-state index >= 15 is 0 Å². The van der Waals surface area contributed by atoms with Crippen molar-refractivity contribution in [3.05, 3.63) is 0 Å². The molecule has 0 aromatic heterocycles. The molecule has 19 heavy (non-hydrogen) atoms. The van der Waals surface area contributed by atoms with Crippen molar-refractivity contribution in [1.29, 1.82) is 0 Å². The van der Waals surface area contributed by atoms with Gasteiger partial charge in [-0.1, -0.05) is 33.1 Å². The number of likely N-dealkylation sites (N-methyl/N-ethyl adjacent to an activating group) is 1. The highest BCUT2D eigenvalue weighted by molar-refractivity contribution is 4.81. The second-order valence-electron chi connectivity index (χ2n) is 7.89. The first kappa shape index (κ1) is 17.0. The number of hydrogen-bond acceptors (Lipinski definition) is 2. The molecule has 1 aliphatic carbocycles.